The number of rotatable bonds is 7. The summed E-state index contributed by atoms with van der Waals surface area (Å²) >= 11 is 0.993. The monoisotopic (exact) mass is 329 g/mol. The quantitative estimate of drug-likeness (QED) is 0.720. The van der Waals surface area contributed by atoms with E-state index in [-0.39, 0.29) is 10.8 Å². The molecule has 1 aromatic heterocycles. The molecule has 0 amide bonds. The van der Waals surface area contributed by atoms with Gasteiger partial charge in [0.05, 0.1) is 17.5 Å². The number of nitrogens with zero attached hydrogens (tertiary/aromatic N) is 3. The molecule has 21 heavy (non-hydrogen) atoms. The summed E-state index contributed by atoms with van der Waals surface area (Å²) in [6, 6.07) is 0. The molecule has 5 nitrogen and oxygen atoms in total. The highest BCUT2D eigenvalue weighted by Crippen LogP contribution is 2.26. The van der Waals surface area contributed by atoms with Crippen LogP contribution in [-0.2, 0) is 9.84 Å². The van der Waals surface area contributed by atoms with Crippen LogP contribution >= 0.6 is 11.7 Å². The van der Waals surface area contributed by atoms with Gasteiger partial charge in [0.25, 0.3) is 0 Å². The second-order valence-electron chi connectivity index (χ2n) is 5.55. The van der Waals surface area contributed by atoms with Crippen LogP contribution in [0.4, 0.5) is 0 Å². The maximum absolute atomic E-state index is 12.5. The lowest BCUT2D eigenvalue weighted by atomic mass is 10.1. The lowest BCUT2D eigenvalue weighted by molar-refractivity contribution is 0.372. The lowest BCUT2D eigenvalue weighted by Gasteiger charge is -2.22. The largest absolute Gasteiger partial charge is 0.302 e. The van der Waals surface area contributed by atoms with Crippen molar-refractivity contribution in [1.29, 1.82) is 0 Å². The van der Waals surface area contributed by atoms with Crippen molar-refractivity contribution < 1.29 is 8.42 Å². The van der Waals surface area contributed by atoms with Crippen LogP contribution in [0.3, 0.4) is 0 Å². The van der Waals surface area contributed by atoms with E-state index in [9.17, 15) is 8.42 Å². The van der Waals surface area contributed by atoms with Crippen LogP contribution in [0.25, 0.3) is 5.57 Å². The van der Waals surface area contributed by atoms with E-state index >= 15 is 0 Å². The zero-order valence-electron chi connectivity index (χ0n) is 12.7. The fourth-order valence-electron chi connectivity index (χ4n) is 2.46. The first kappa shape index (κ1) is 16.6. The van der Waals surface area contributed by atoms with Crippen LogP contribution in [0.1, 0.15) is 44.7 Å². The fourth-order valence-corrected chi connectivity index (χ4v) is 4.81. The second-order valence-corrected chi connectivity index (χ2v) is 8.11. The van der Waals surface area contributed by atoms with Crippen LogP contribution in [0.5, 0.6) is 0 Å². The molecule has 118 valence electrons. The van der Waals surface area contributed by atoms with Gasteiger partial charge in [0, 0.05) is 13.1 Å². The second kappa shape index (κ2) is 7.47. The lowest BCUT2D eigenvalue weighted by Crippen LogP contribution is -2.25. The molecular formula is C14H23N3O2S2. The zero-order valence-corrected chi connectivity index (χ0v) is 14.3. The molecule has 0 radical (unpaired) electrons. The first-order valence-corrected chi connectivity index (χ1v) is 9.86. The minimum Gasteiger partial charge on any atom is -0.302 e. The van der Waals surface area contributed by atoms with Crippen LogP contribution in [-0.4, -0.2) is 48.0 Å². The first-order valence-electron chi connectivity index (χ1n) is 7.48. The summed E-state index contributed by atoms with van der Waals surface area (Å²) in [5.74, 6) is 0.175. The molecule has 0 fully saturated rings. The predicted octanol–water partition coefficient (Wildman–Crippen LogP) is 2.61. The Morgan fingerprint density at radius 3 is 2.81 bits per heavy atom. The molecule has 0 unspecified atom stereocenters. The minimum absolute atomic E-state index is 0.175. The number of hydrogen-bond donors (Lipinski definition) is 0. The van der Waals surface area contributed by atoms with Crippen LogP contribution in [0.2, 0.25) is 0 Å². The van der Waals surface area contributed by atoms with E-state index < -0.39 is 9.84 Å². The standard InChI is InChI=1S/C14H23N3O2S2/c1-3-4-5-6-10-21(18,19)14-13(15-20-16-14)12-8-7-9-17(2)11-12/h8H,3-7,9-11H2,1-2H3. The molecule has 0 bridgehead atoms. The summed E-state index contributed by atoms with van der Waals surface area (Å²) in [5.41, 5.74) is 1.56. The molecule has 2 heterocycles. The van der Waals surface area contributed by atoms with Gasteiger partial charge in [0.2, 0.25) is 0 Å². The third-order valence-electron chi connectivity index (χ3n) is 3.67. The van der Waals surface area contributed by atoms with Crippen molar-refractivity contribution >= 4 is 27.1 Å². The van der Waals surface area contributed by atoms with Gasteiger partial charge in [-0.25, -0.2) is 8.42 Å². The summed E-state index contributed by atoms with van der Waals surface area (Å²) in [6.45, 7) is 3.85. The number of unbranched alkanes of at least 4 members (excludes halogenated alkanes) is 3. The third kappa shape index (κ3) is 4.34. The molecule has 0 saturated carbocycles. The third-order valence-corrected chi connectivity index (χ3v) is 6.01. The summed E-state index contributed by atoms with van der Waals surface area (Å²) in [5, 5.41) is 0.186. The van der Waals surface area contributed by atoms with Crippen molar-refractivity contribution in [2.45, 2.75) is 44.1 Å². The maximum atomic E-state index is 12.5. The normalized spacial score (nSPS) is 17.0. The Hall–Kier alpha value is -0.790. The highest BCUT2D eigenvalue weighted by atomic mass is 32.2. The minimum atomic E-state index is -3.32. The Balaban J connectivity index is 2.14. The Morgan fingerprint density at radius 2 is 2.10 bits per heavy atom. The van der Waals surface area contributed by atoms with Crippen LogP contribution < -0.4 is 0 Å². The molecule has 0 atom stereocenters. The van der Waals surface area contributed by atoms with Gasteiger partial charge in [-0.05, 0) is 25.5 Å². The van der Waals surface area contributed by atoms with Crippen molar-refractivity contribution in [3.63, 3.8) is 0 Å². The van der Waals surface area contributed by atoms with Gasteiger partial charge < -0.3 is 4.90 Å². The van der Waals surface area contributed by atoms with Gasteiger partial charge in [-0.3, -0.25) is 0 Å². The molecular weight excluding hydrogens is 306 g/mol. The Labute approximate surface area is 131 Å². The topological polar surface area (TPSA) is 63.2 Å². The average molecular weight is 329 g/mol. The predicted molar refractivity (Wildman–Crippen MR) is 86.2 cm³/mol. The summed E-state index contributed by atoms with van der Waals surface area (Å²) in [4.78, 5) is 2.17. The van der Waals surface area contributed by atoms with Crippen LogP contribution in [0, 0.1) is 0 Å². The van der Waals surface area contributed by atoms with Crippen molar-refractivity contribution in [3.05, 3.63) is 11.8 Å². The summed E-state index contributed by atoms with van der Waals surface area (Å²) in [6.07, 6.45) is 6.85. The van der Waals surface area contributed by atoms with Crippen molar-refractivity contribution in [2.24, 2.45) is 0 Å². The molecule has 0 spiro atoms. The fraction of sp³-hybridized carbons (Fsp3) is 0.714. The number of likely N-dealkylation sites (N-methyl/N-ethyl adjacent to an activating group) is 1. The Kier molecular flexibility index (Phi) is 5.89. The smallest absolute Gasteiger partial charge is 0.198 e. The molecule has 1 aromatic rings. The van der Waals surface area contributed by atoms with E-state index in [1.54, 1.807) is 0 Å². The van der Waals surface area contributed by atoms with Gasteiger partial charge in [-0.15, -0.1) is 0 Å². The zero-order chi connectivity index (χ0) is 15.3. The molecule has 2 rings (SSSR count). The summed E-state index contributed by atoms with van der Waals surface area (Å²) in [7, 11) is -1.28. The van der Waals surface area contributed by atoms with Crippen molar-refractivity contribution in [2.75, 3.05) is 25.9 Å². The number of hydrogen-bond acceptors (Lipinski definition) is 6. The molecule has 0 aromatic carbocycles. The van der Waals surface area contributed by atoms with E-state index in [2.05, 4.69) is 26.6 Å². The van der Waals surface area contributed by atoms with Crippen molar-refractivity contribution in [1.82, 2.24) is 13.6 Å². The Bertz CT molecular complexity index is 593. The molecule has 7 heteroatoms. The summed E-state index contributed by atoms with van der Waals surface area (Å²) < 4.78 is 33.2. The molecule has 1 aliphatic heterocycles. The Morgan fingerprint density at radius 1 is 1.29 bits per heavy atom. The average Bonchev–Trinajstić information content (AvgIpc) is 2.94. The van der Waals surface area contributed by atoms with Gasteiger partial charge in [-0.1, -0.05) is 32.3 Å². The van der Waals surface area contributed by atoms with Gasteiger partial charge >= 0.3 is 0 Å². The number of sulfone groups is 1. The van der Waals surface area contributed by atoms with Crippen molar-refractivity contribution in [3.8, 4) is 0 Å². The van der Waals surface area contributed by atoms with Gasteiger partial charge in [0.15, 0.2) is 14.9 Å². The van der Waals surface area contributed by atoms with Gasteiger partial charge in [-0.2, -0.15) is 8.75 Å². The molecule has 1 aliphatic rings. The molecule has 0 saturated heterocycles. The molecule has 0 aliphatic carbocycles. The van der Waals surface area contributed by atoms with E-state index in [0.29, 0.717) is 12.1 Å². The van der Waals surface area contributed by atoms with E-state index in [0.717, 1.165) is 56.1 Å². The van der Waals surface area contributed by atoms with Crippen LogP contribution in [0.15, 0.2) is 11.1 Å². The SMILES string of the molecule is CCCCCCS(=O)(=O)c1nsnc1C1=CCCN(C)C1. The highest BCUT2D eigenvalue weighted by Gasteiger charge is 2.26. The van der Waals surface area contributed by atoms with E-state index in [1.807, 2.05) is 7.05 Å². The van der Waals surface area contributed by atoms with Gasteiger partial charge in [0.1, 0.15) is 5.69 Å². The van der Waals surface area contributed by atoms with E-state index in [4.69, 9.17) is 0 Å². The maximum Gasteiger partial charge on any atom is 0.198 e. The van der Waals surface area contributed by atoms with E-state index in [1.165, 1.54) is 0 Å². The molecule has 0 N–H and O–H groups in total. The number of aromatic nitrogens is 2. The first-order chi connectivity index (χ1) is 10.0. The highest BCUT2D eigenvalue weighted by molar-refractivity contribution is 7.91.